The van der Waals surface area contributed by atoms with E-state index in [0.717, 1.165) is 64.1 Å². The third-order valence-electron chi connectivity index (χ3n) is 0. The Morgan fingerprint density at radius 2 is 0.195 bits per heavy atom. The fourth-order valence-electron chi connectivity index (χ4n) is 0. The minimum absolute atomic E-state index is 0. The van der Waals surface area contributed by atoms with Gasteiger partial charge < -0.3 is 121 Å². The quantitative estimate of drug-likeness (QED) is 0.194. The second-order valence-electron chi connectivity index (χ2n) is 0.894. The molecule has 36 nitrogen and oxygen atoms in total. The summed E-state index contributed by atoms with van der Waals surface area (Å²) < 4.78 is 0. The summed E-state index contributed by atoms with van der Waals surface area (Å²) in [7, 11) is 0. The normalized spacial score (nSPS) is 3.51. The van der Waals surface area contributed by atoms with Gasteiger partial charge in [0.05, 0.1) is 0 Å². The molecule has 2 radical (unpaired) electrons. The Morgan fingerprint density at radius 1 is 0.195 bits per heavy atom. The van der Waals surface area contributed by atoms with Crippen LogP contribution < -0.4 is 0 Å². The molecule has 0 rings (SSSR count). The summed E-state index contributed by atoms with van der Waals surface area (Å²) in [6, 6.07) is 0. The minimum Gasteiger partial charge on any atom is -0.444 e. The van der Waals surface area contributed by atoms with Crippen LogP contribution >= 0.6 is 0 Å². The van der Waals surface area contributed by atoms with Crippen LogP contribution in [0.25, 0.3) is 0 Å². The Kier molecular flexibility index (Phi) is 1970. The molecule has 0 aromatic carbocycles. The van der Waals surface area contributed by atoms with Crippen LogP contribution in [0.15, 0.2) is 64.1 Å². The Balaban J connectivity index is -0.0000000101. The van der Waals surface area contributed by atoms with Gasteiger partial charge in [-0.2, -0.15) is 0 Å². The fourth-order valence-corrected chi connectivity index (χ4v) is 0. The first-order valence-corrected chi connectivity index (χ1v) is 4.38. The Morgan fingerprint density at radius 3 is 0.195 bits per heavy atom. The SMILES string of the molecule is O=N[O-].O=N[O-].O=N[O-].O=N[O-].O=N[O-].O=N[O-].O=N[O-].O=N[O-].O=N[O-].O=N[O-].O=N[O-].O=N[O-].[Co].[Co].[Mg+2].[Mg+2].[Mg+2]. The van der Waals surface area contributed by atoms with Crippen LogP contribution in [0, 0.1) is 121 Å². The Hall–Kier alpha value is -3.89. The smallest absolute Gasteiger partial charge is 0.444 e. The van der Waals surface area contributed by atoms with E-state index in [2.05, 4.69) is 0 Å². The van der Waals surface area contributed by atoms with Gasteiger partial charge in [0.2, 0.25) is 0 Å². The first kappa shape index (κ1) is 120. The molecule has 234 valence electrons. The third kappa shape index (κ3) is 2780. The van der Waals surface area contributed by atoms with Crippen molar-refractivity contribution in [2.45, 2.75) is 0 Å². The van der Waals surface area contributed by atoms with Crippen molar-refractivity contribution in [3.8, 4) is 0 Å². The predicted octanol–water partition coefficient (Wildman–Crippen LogP) is 1.86. The largest absolute Gasteiger partial charge is 2.00 e. The molecule has 41 heteroatoms. The monoisotopic (exact) mass is 742 g/mol. The third-order valence-corrected chi connectivity index (χ3v) is 0. The number of hydrogen-bond acceptors (Lipinski definition) is 36. The molecule has 0 fully saturated rings. The molecular weight excluding hydrogens is 743 g/mol. The van der Waals surface area contributed by atoms with Crippen molar-refractivity contribution in [1.29, 1.82) is 0 Å². The molecular formula is Co2Mg3N12O24-6. The molecule has 0 aromatic rings. The summed E-state index contributed by atoms with van der Waals surface area (Å²) in [6.07, 6.45) is 0. The van der Waals surface area contributed by atoms with Crippen LogP contribution in [0.4, 0.5) is 0 Å². The summed E-state index contributed by atoms with van der Waals surface area (Å²) in [5, 5.41) is 108. The van der Waals surface area contributed by atoms with Gasteiger partial charge in [-0.1, -0.05) is 0 Å². The van der Waals surface area contributed by atoms with E-state index in [1.807, 2.05) is 0 Å². The molecule has 0 aromatic heterocycles. The van der Waals surface area contributed by atoms with Gasteiger partial charge in [-0.05, 0) is 0 Å². The summed E-state index contributed by atoms with van der Waals surface area (Å²) >= 11 is 0. The summed E-state index contributed by atoms with van der Waals surface area (Å²) in [6.45, 7) is 0. The van der Waals surface area contributed by atoms with Crippen molar-refractivity contribution in [1.82, 2.24) is 0 Å². The summed E-state index contributed by atoms with van der Waals surface area (Å²) in [5.74, 6) is 0. The van der Waals surface area contributed by atoms with E-state index in [9.17, 15) is 0 Å². The van der Waals surface area contributed by atoms with Gasteiger partial charge in [-0.25, -0.2) is 0 Å². The van der Waals surface area contributed by atoms with E-state index in [1.54, 1.807) is 0 Å². The zero-order valence-corrected chi connectivity index (χ0v) is 24.3. The molecule has 0 bridgehead atoms. The van der Waals surface area contributed by atoms with E-state index in [0.29, 0.717) is 0 Å². The average Bonchev–Trinajstić information content (AvgIpc) is 2.75. The maximum absolute atomic E-state index is 8.00. The van der Waals surface area contributed by atoms with E-state index in [1.165, 1.54) is 0 Å². The van der Waals surface area contributed by atoms with Crippen molar-refractivity contribution < 1.29 is 33.6 Å². The molecule has 0 aliphatic carbocycles. The Labute approximate surface area is 286 Å². The topological polar surface area (TPSA) is 630 Å². The summed E-state index contributed by atoms with van der Waals surface area (Å²) in [4.78, 5) is 96.0. The number of hydrogen-bond donors (Lipinski definition) is 0. The van der Waals surface area contributed by atoms with Gasteiger partial charge >= 0.3 is 69.2 Å². The Bertz CT molecular complexity index is 279. The van der Waals surface area contributed by atoms with Gasteiger partial charge in [0.25, 0.3) is 0 Å². The van der Waals surface area contributed by atoms with Crippen LogP contribution in [0.5, 0.6) is 0 Å². The van der Waals surface area contributed by atoms with Crippen molar-refractivity contribution >= 4 is 69.2 Å². The van der Waals surface area contributed by atoms with E-state index >= 15 is 0 Å². The van der Waals surface area contributed by atoms with Gasteiger partial charge in [0.15, 0.2) is 0 Å². The molecule has 0 N–H and O–H groups in total. The number of rotatable bonds is 0. The van der Waals surface area contributed by atoms with Crippen LogP contribution in [-0.4, -0.2) is 69.2 Å². The average molecular weight is 743 g/mol. The van der Waals surface area contributed by atoms with Crippen LogP contribution in [0.3, 0.4) is 0 Å². The first-order valence-electron chi connectivity index (χ1n) is 4.38. The molecule has 0 saturated heterocycles. The van der Waals surface area contributed by atoms with Crippen LogP contribution in [0.1, 0.15) is 0 Å². The molecule has 0 saturated carbocycles. The minimum atomic E-state index is 0. The van der Waals surface area contributed by atoms with Gasteiger partial charge in [-0.15, -0.1) is 64.1 Å². The molecule has 41 heavy (non-hydrogen) atoms. The van der Waals surface area contributed by atoms with Crippen molar-refractivity contribution in [3.63, 3.8) is 0 Å². The van der Waals surface area contributed by atoms with Crippen LogP contribution in [-0.2, 0) is 33.6 Å². The molecule has 0 aliphatic heterocycles. The van der Waals surface area contributed by atoms with Gasteiger partial charge in [0, 0.05) is 33.6 Å². The van der Waals surface area contributed by atoms with Crippen molar-refractivity contribution in [3.05, 3.63) is 121 Å². The summed E-state index contributed by atoms with van der Waals surface area (Å²) in [5.41, 5.74) is 0. The maximum atomic E-state index is 8.00. The number of nitrogens with zero attached hydrogens (tertiary/aromatic N) is 12. The molecule has 0 amide bonds. The first-order chi connectivity index (χ1) is 17.0. The second-order valence-corrected chi connectivity index (χ2v) is 0.894. The molecule has 0 atom stereocenters. The molecule has 0 aliphatic rings. The molecule has 0 spiro atoms. The van der Waals surface area contributed by atoms with E-state index in [-0.39, 0.29) is 103 Å². The molecule has 0 heterocycles. The standard InChI is InChI=1S/2Co.3Mg.12HNO2/c;;;;;12*2-1-3/h;;;;;12*(H,2,3)/q;;3*+2;;;;;;;;;;;;/p-12. The second kappa shape index (κ2) is 677. The zero-order chi connectivity index (χ0) is 32.5. The predicted molar refractivity (Wildman–Crippen MR) is 127 cm³/mol. The fraction of sp³-hybridized carbons (Fsp3) is 0. The van der Waals surface area contributed by atoms with Gasteiger partial charge in [-0.3, -0.25) is 0 Å². The maximum Gasteiger partial charge on any atom is 2.00 e. The van der Waals surface area contributed by atoms with E-state index in [4.69, 9.17) is 121 Å². The van der Waals surface area contributed by atoms with Crippen molar-refractivity contribution in [2.24, 2.45) is 64.1 Å². The van der Waals surface area contributed by atoms with Gasteiger partial charge in [0.1, 0.15) is 0 Å². The van der Waals surface area contributed by atoms with Crippen molar-refractivity contribution in [2.75, 3.05) is 0 Å². The molecule has 0 unspecified atom stereocenters. The van der Waals surface area contributed by atoms with E-state index < -0.39 is 0 Å². The zero-order valence-electron chi connectivity index (χ0n) is 18.0. The van der Waals surface area contributed by atoms with Crippen LogP contribution in [0.2, 0.25) is 0 Å².